The van der Waals surface area contributed by atoms with Gasteiger partial charge in [0.2, 0.25) is 11.8 Å². The average Bonchev–Trinajstić information content (AvgIpc) is 2.89. The first kappa shape index (κ1) is 14.8. The molecule has 0 aliphatic heterocycles. The summed E-state index contributed by atoms with van der Waals surface area (Å²) in [5.41, 5.74) is 15.0. The number of nitrogens with one attached hydrogen (secondary N) is 1. The van der Waals surface area contributed by atoms with Crippen molar-refractivity contribution < 1.29 is 9.59 Å². The molecule has 2 amide bonds. The number of carbonyl (C=O) groups is 2. The molecule has 3 rings (SSSR count). The van der Waals surface area contributed by atoms with Gasteiger partial charge in [-0.25, -0.2) is 0 Å². The number of carbonyl (C=O) groups excluding carboxylic acids is 2. The molecule has 5 N–H and O–H groups in total. The van der Waals surface area contributed by atoms with Gasteiger partial charge < -0.3 is 16.5 Å². The van der Waals surface area contributed by atoms with Crippen molar-refractivity contribution in [3.63, 3.8) is 0 Å². The Labute approximate surface area is 133 Å². The number of amides is 2. The Morgan fingerprint density at radius 3 is 2.22 bits per heavy atom. The van der Waals surface area contributed by atoms with Crippen molar-refractivity contribution in [3.8, 4) is 11.1 Å². The molecule has 0 fully saturated rings. The maximum atomic E-state index is 11.4. The van der Waals surface area contributed by atoms with Gasteiger partial charge in [-0.1, -0.05) is 30.3 Å². The Morgan fingerprint density at radius 2 is 1.57 bits per heavy atom. The van der Waals surface area contributed by atoms with Gasteiger partial charge in [-0.15, -0.1) is 0 Å². The Bertz CT molecular complexity index is 882. The topological polar surface area (TPSA) is 102 Å². The Hall–Kier alpha value is -3.08. The van der Waals surface area contributed by atoms with Crippen LogP contribution in [0.2, 0.25) is 0 Å². The van der Waals surface area contributed by atoms with E-state index in [0.717, 1.165) is 33.3 Å². The van der Waals surface area contributed by atoms with E-state index in [9.17, 15) is 9.59 Å². The third kappa shape index (κ3) is 3.23. The summed E-state index contributed by atoms with van der Waals surface area (Å²) in [4.78, 5) is 25.7. The molecule has 0 aliphatic rings. The smallest absolute Gasteiger partial charge is 0.223 e. The zero-order valence-electron chi connectivity index (χ0n) is 12.5. The molecule has 0 saturated carbocycles. The van der Waals surface area contributed by atoms with Crippen LogP contribution in [0.5, 0.6) is 0 Å². The quantitative estimate of drug-likeness (QED) is 0.670. The van der Waals surface area contributed by atoms with E-state index in [-0.39, 0.29) is 12.8 Å². The summed E-state index contributed by atoms with van der Waals surface area (Å²) >= 11 is 0. The second-order valence-electron chi connectivity index (χ2n) is 5.55. The van der Waals surface area contributed by atoms with E-state index in [1.807, 2.05) is 48.5 Å². The number of rotatable bonds is 5. The standard InChI is InChI=1S/C18H17N3O2/c19-16(22)9-14-7-12(11-4-2-1-3-5-11)6-13-8-15(10-17(20)23)21-18(13)14/h1-8,21H,9-10H2,(H2,19,22)(H2,20,23). The van der Waals surface area contributed by atoms with E-state index in [1.54, 1.807) is 0 Å². The van der Waals surface area contributed by atoms with Crippen LogP contribution in [-0.2, 0) is 22.4 Å². The second-order valence-corrected chi connectivity index (χ2v) is 5.55. The lowest BCUT2D eigenvalue weighted by Crippen LogP contribution is -2.14. The van der Waals surface area contributed by atoms with Crippen LogP contribution >= 0.6 is 0 Å². The summed E-state index contributed by atoms with van der Waals surface area (Å²) in [5, 5.41) is 0.929. The molecule has 1 heterocycles. The first-order valence-corrected chi connectivity index (χ1v) is 7.29. The van der Waals surface area contributed by atoms with Gasteiger partial charge in [-0.2, -0.15) is 0 Å². The van der Waals surface area contributed by atoms with Crippen LogP contribution in [0.4, 0.5) is 0 Å². The number of fused-ring (bicyclic) bond motifs is 1. The van der Waals surface area contributed by atoms with Crippen LogP contribution in [0.3, 0.4) is 0 Å². The van der Waals surface area contributed by atoms with E-state index < -0.39 is 11.8 Å². The maximum absolute atomic E-state index is 11.4. The molecule has 0 spiro atoms. The molecule has 3 aromatic rings. The third-order valence-electron chi connectivity index (χ3n) is 3.70. The minimum absolute atomic E-state index is 0.130. The van der Waals surface area contributed by atoms with E-state index in [4.69, 9.17) is 11.5 Å². The van der Waals surface area contributed by atoms with Crippen molar-refractivity contribution >= 4 is 22.7 Å². The lowest BCUT2D eigenvalue weighted by atomic mass is 9.99. The van der Waals surface area contributed by atoms with E-state index in [0.29, 0.717) is 0 Å². The van der Waals surface area contributed by atoms with Crippen LogP contribution in [0.25, 0.3) is 22.0 Å². The highest BCUT2D eigenvalue weighted by Crippen LogP contribution is 2.28. The predicted octanol–water partition coefficient (Wildman–Crippen LogP) is 1.89. The van der Waals surface area contributed by atoms with Crippen LogP contribution in [0, 0.1) is 0 Å². The number of nitrogens with two attached hydrogens (primary N) is 2. The van der Waals surface area contributed by atoms with Crippen molar-refractivity contribution in [1.82, 2.24) is 4.98 Å². The summed E-state index contributed by atoms with van der Waals surface area (Å²) in [6.07, 6.45) is 0.263. The molecule has 5 nitrogen and oxygen atoms in total. The summed E-state index contributed by atoms with van der Waals surface area (Å²) in [7, 11) is 0. The maximum Gasteiger partial charge on any atom is 0.223 e. The van der Waals surface area contributed by atoms with Gasteiger partial charge in [0.1, 0.15) is 0 Å². The van der Waals surface area contributed by atoms with Crippen molar-refractivity contribution in [2.45, 2.75) is 12.8 Å². The molecule has 0 saturated heterocycles. The summed E-state index contributed by atoms with van der Waals surface area (Å²) in [6, 6.07) is 15.7. The molecule has 23 heavy (non-hydrogen) atoms. The van der Waals surface area contributed by atoms with Gasteiger partial charge in [0.05, 0.1) is 12.8 Å². The van der Waals surface area contributed by atoms with Crippen molar-refractivity contribution in [2.24, 2.45) is 11.5 Å². The highest BCUT2D eigenvalue weighted by atomic mass is 16.1. The van der Waals surface area contributed by atoms with Gasteiger partial charge in [0.25, 0.3) is 0 Å². The van der Waals surface area contributed by atoms with Crippen molar-refractivity contribution in [2.75, 3.05) is 0 Å². The number of benzene rings is 2. The van der Waals surface area contributed by atoms with Crippen molar-refractivity contribution in [3.05, 3.63) is 59.8 Å². The molecule has 5 heteroatoms. The number of aromatic nitrogens is 1. The normalized spacial score (nSPS) is 10.8. The van der Waals surface area contributed by atoms with Gasteiger partial charge in [0.15, 0.2) is 0 Å². The molecular weight excluding hydrogens is 290 g/mol. The lowest BCUT2D eigenvalue weighted by molar-refractivity contribution is -0.118. The molecule has 0 radical (unpaired) electrons. The van der Waals surface area contributed by atoms with E-state index in [1.165, 1.54) is 0 Å². The van der Waals surface area contributed by atoms with Gasteiger partial charge in [-0.05, 0) is 34.9 Å². The summed E-state index contributed by atoms with van der Waals surface area (Å²) in [6.45, 7) is 0. The summed E-state index contributed by atoms with van der Waals surface area (Å²) in [5.74, 6) is -0.807. The zero-order chi connectivity index (χ0) is 16.4. The predicted molar refractivity (Wildman–Crippen MR) is 89.5 cm³/mol. The number of aromatic amines is 1. The highest BCUT2D eigenvalue weighted by molar-refractivity contribution is 5.92. The largest absolute Gasteiger partial charge is 0.369 e. The third-order valence-corrected chi connectivity index (χ3v) is 3.70. The van der Waals surface area contributed by atoms with Crippen LogP contribution in [0.1, 0.15) is 11.3 Å². The second kappa shape index (κ2) is 5.96. The van der Waals surface area contributed by atoms with Gasteiger partial charge in [-0.3, -0.25) is 9.59 Å². The van der Waals surface area contributed by atoms with Crippen molar-refractivity contribution in [1.29, 1.82) is 0 Å². The lowest BCUT2D eigenvalue weighted by Gasteiger charge is -2.07. The van der Waals surface area contributed by atoms with Gasteiger partial charge in [0, 0.05) is 16.6 Å². The first-order valence-electron chi connectivity index (χ1n) is 7.29. The zero-order valence-corrected chi connectivity index (χ0v) is 12.5. The molecular formula is C18H17N3O2. The Kier molecular flexibility index (Phi) is 3.85. The Balaban J connectivity index is 2.16. The molecule has 0 bridgehead atoms. The SMILES string of the molecule is NC(=O)Cc1cc2cc(-c3ccccc3)cc(CC(N)=O)c2[nH]1. The summed E-state index contributed by atoms with van der Waals surface area (Å²) < 4.78 is 0. The number of hydrogen-bond donors (Lipinski definition) is 3. The molecule has 0 aliphatic carbocycles. The fourth-order valence-electron chi connectivity index (χ4n) is 2.78. The van der Waals surface area contributed by atoms with E-state index >= 15 is 0 Å². The fourth-order valence-corrected chi connectivity index (χ4v) is 2.78. The molecule has 1 aromatic heterocycles. The molecule has 116 valence electrons. The minimum atomic E-state index is -0.406. The van der Waals surface area contributed by atoms with Crippen LogP contribution < -0.4 is 11.5 Å². The van der Waals surface area contributed by atoms with Crippen LogP contribution in [-0.4, -0.2) is 16.8 Å². The molecule has 0 unspecified atom stereocenters. The minimum Gasteiger partial charge on any atom is -0.369 e. The fraction of sp³-hybridized carbons (Fsp3) is 0.111. The Morgan fingerprint density at radius 1 is 0.870 bits per heavy atom. The number of H-pyrrole nitrogens is 1. The van der Waals surface area contributed by atoms with Gasteiger partial charge >= 0.3 is 0 Å². The number of hydrogen-bond acceptors (Lipinski definition) is 2. The average molecular weight is 307 g/mol. The molecule has 0 atom stereocenters. The van der Waals surface area contributed by atoms with Crippen LogP contribution in [0.15, 0.2) is 48.5 Å². The highest BCUT2D eigenvalue weighted by Gasteiger charge is 2.12. The molecule has 2 aromatic carbocycles. The first-order chi connectivity index (χ1) is 11.0. The number of primary amides is 2. The van der Waals surface area contributed by atoms with E-state index in [2.05, 4.69) is 4.98 Å². The monoisotopic (exact) mass is 307 g/mol.